The highest BCUT2D eigenvalue weighted by Gasteiger charge is 2.30. The average Bonchev–Trinajstić information content (AvgIpc) is 2.67. The number of nitrogens with zero attached hydrogens (tertiary/aromatic N) is 1. The number of benzene rings is 2. The van der Waals surface area contributed by atoms with E-state index in [4.69, 9.17) is 21.1 Å². The fourth-order valence-corrected chi connectivity index (χ4v) is 4.33. The highest BCUT2D eigenvalue weighted by Crippen LogP contribution is 2.31. The van der Waals surface area contributed by atoms with Crippen LogP contribution in [-0.2, 0) is 14.8 Å². The molecule has 0 bridgehead atoms. The van der Waals surface area contributed by atoms with Gasteiger partial charge in [-0.1, -0.05) is 23.7 Å². The van der Waals surface area contributed by atoms with Crippen molar-refractivity contribution in [3.05, 3.63) is 53.1 Å². The predicted octanol–water partition coefficient (Wildman–Crippen LogP) is 3.39. The zero-order valence-electron chi connectivity index (χ0n) is 17.0. The van der Waals surface area contributed by atoms with Gasteiger partial charge in [-0.3, -0.25) is 9.10 Å². The minimum absolute atomic E-state index is 0.248. The molecule has 0 saturated carbocycles. The van der Waals surface area contributed by atoms with Gasteiger partial charge >= 0.3 is 0 Å². The predicted molar refractivity (Wildman–Crippen MR) is 114 cm³/mol. The third kappa shape index (κ3) is 5.55. The van der Waals surface area contributed by atoms with Gasteiger partial charge in [0.15, 0.2) is 0 Å². The molecule has 2 aromatic rings. The Hall–Kier alpha value is -2.45. The number of carbonyl (C=O) groups is 1. The number of anilines is 1. The van der Waals surface area contributed by atoms with Crippen LogP contribution in [0, 0.1) is 0 Å². The first-order valence-corrected chi connectivity index (χ1v) is 11.1. The third-order valence-corrected chi connectivity index (χ3v) is 5.99. The lowest BCUT2D eigenvalue weighted by Crippen LogP contribution is -2.48. The molecule has 0 aliphatic carbocycles. The Morgan fingerprint density at radius 3 is 2.17 bits per heavy atom. The molecule has 29 heavy (non-hydrogen) atoms. The number of ether oxygens (including phenoxy) is 2. The zero-order chi connectivity index (χ0) is 21.8. The zero-order valence-corrected chi connectivity index (χ0v) is 18.5. The van der Waals surface area contributed by atoms with Crippen LogP contribution in [0.5, 0.6) is 11.5 Å². The van der Waals surface area contributed by atoms with E-state index in [2.05, 4.69) is 5.32 Å². The summed E-state index contributed by atoms with van der Waals surface area (Å²) in [5, 5.41) is 3.10. The molecule has 0 aliphatic rings. The summed E-state index contributed by atoms with van der Waals surface area (Å²) in [5.41, 5.74) is 1.14. The maximum atomic E-state index is 12.8. The Labute approximate surface area is 176 Å². The summed E-state index contributed by atoms with van der Waals surface area (Å²) in [6.45, 7) is 3.34. The number of methoxy groups -OCH3 is 2. The minimum atomic E-state index is -3.75. The second-order valence-corrected chi connectivity index (χ2v) is 8.82. The molecule has 2 rings (SSSR count). The van der Waals surface area contributed by atoms with Crippen LogP contribution in [0.25, 0.3) is 0 Å². The summed E-state index contributed by atoms with van der Waals surface area (Å²) in [5.74, 6) is 0.681. The van der Waals surface area contributed by atoms with Gasteiger partial charge in [0.1, 0.15) is 17.5 Å². The van der Waals surface area contributed by atoms with Crippen LogP contribution in [-0.4, -0.2) is 40.8 Å². The quantitative estimate of drug-likeness (QED) is 0.680. The SMILES string of the molecule is COc1ccc([C@H](C)NC(=O)[C@@H](C)N(c2ccc(OC)c(Cl)c2)S(C)(=O)=O)cc1. The number of rotatable bonds is 8. The molecule has 9 heteroatoms. The van der Waals surface area contributed by atoms with Crippen molar-refractivity contribution < 1.29 is 22.7 Å². The highest BCUT2D eigenvalue weighted by molar-refractivity contribution is 7.92. The van der Waals surface area contributed by atoms with E-state index in [9.17, 15) is 13.2 Å². The van der Waals surface area contributed by atoms with Gasteiger partial charge in [-0.2, -0.15) is 0 Å². The van der Waals surface area contributed by atoms with E-state index in [-0.39, 0.29) is 16.8 Å². The van der Waals surface area contributed by atoms with Crippen molar-refractivity contribution in [3.63, 3.8) is 0 Å². The number of hydrogen-bond acceptors (Lipinski definition) is 5. The van der Waals surface area contributed by atoms with Crippen LogP contribution in [0.2, 0.25) is 5.02 Å². The summed E-state index contributed by atoms with van der Waals surface area (Å²) in [7, 11) is -0.711. The molecule has 0 heterocycles. The number of hydrogen-bond donors (Lipinski definition) is 1. The largest absolute Gasteiger partial charge is 0.497 e. The molecule has 0 aromatic heterocycles. The van der Waals surface area contributed by atoms with Gasteiger partial charge in [0.05, 0.1) is 37.2 Å². The Balaban J connectivity index is 2.25. The number of halogens is 1. The van der Waals surface area contributed by atoms with Crippen molar-refractivity contribution in [1.29, 1.82) is 0 Å². The lowest BCUT2D eigenvalue weighted by atomic mass is 10.1. The van der Waals surface area contributed by atoms with E-state index in [0.717, 1.165) is 16.1 Å². The molecule has 158 valence electrons. The van der Waals surface area contributed by atoms with E-state index >= 15 is 0 Å². The van der Waals surface area contributed by atoms with Crippen LogP contribution in [0.4, 0.5) is 5.69 Å². The number of amides is 1. The lowest BCUT2D eigenvalue weighted by molar-refractivity contribution is -0.122. The average molecular weight is 441 g/mol. The monoisotopic (exact) mass is 440 g/mol. The molecule has 2 atom stereocenters. The number of sulfonamides is 1. The Morgan fingerprint density at radius 1 is 1.07 bits per heavy atom. The summed E-state index contributed by atoms with van der Waals surface area (Å²) in [4.78, 5) is 12.8. The second-order valence-electron chi connectivity index (χ2n) is 6.56. The molecule has 0 aliphatic heterocycles. The standard InChI is InChI=1S/C20H25ClN2O5S/c1-13(15-6-9-17(27-3)10-7-15)22-20(24)14(2)23(29(5,25)26)16-8-11-19(28-4)18(21)12-16/h6-14H,1-5H3,(H,22,24)/t13-,14+/m0/s1. The molecule has 1 amide bonds. The topological polar surface area (TPSA) is 84.9 Å². The van der Waals surface area contributed by atoms with Gasteiger partial charge in [0.25, 0.3) is 0 Å². The van der Waals surface area contributed by atoms with Crippen molar-refractivity contribution in [2.45, 2.75) is 25.9 Å². The van der Waals surface area contributed by atoms with E-state index in [1.54, 1.807) is 31.4 Å². The molecule has 0 unspecified atom stereocenters. The second kappa shape index (κ2) is 9.37. The van der Waals surface area contributed by atoms with E-state index in [1.165, 1.54) is 20.1 Å². The Morgan fingerprint density at radius 2 is 1.69 bits per heavy atom. The molecular formula is C20H25ClN2O5S. The molecular weight excluding hydrogens is 416 g/mol. The van der Waals surface area contributed by atoms with Crippen LogP contribution < -0.4 is 19.1 Å². The Bertz CT molecular complexity index is 963. The fraction of sp³-hybridized carbons (Fsp3) is 0.350. The third-order valence-electron chi connectivity index (χ3n) is 4.45. The summed E-state index contributed by atoms with van der Waals surface area (Å²) < 4.78 is 36.1. The summed E-state index contributed by atoms with van der Waals surface area (Å²) in [6.07, 6.45) is 1.04. The molecule has 0 fully saturated rings. The smallest absolute Gasteiger partial charge is 0.244 e. The number of nitrogens with one attached hydrogen (secondary N) is 1. The highest BCUT2D eigenvalue weighted by atomic mass is 35.5. The first-order valence-electron chi connectivity index (χ1n) is 8.85. The van der Waals surface area contributed by atoms with E-state index < -0.39 is 22.0 Å². The van der Waals surface area contributed by atoms with Gasteiger partial charge in [0, 0.05) is 0 Å². The maximum absolute atomic E-state index is 12.8. The first-order chi connectivity index (χ1) is 13.6. The van der Waals surface area contributed by atoms with Crippen LogP contribution >= 0.6 is 11.6 Å². The molecule has 2 aromatic carbocycles. The van der Waals surface area contributed by atoms with Crippen molar-refractivity contribution in [3.8, 4) is 11.5 Å². The van der Waals surface area contributed by atoms with Crippen molar-refractivity contribution in [1.82, 2.24) is 5.32 Å². The summed E-state index contributed by atoms with van der Waals surface area (Å²) >= 11 is 6.14. The van der Waals surface area contributed by atoms with E-state index in [1.807, 2.05) is 19.1 Å². The van der Waals surface area contributed by atoms with Crippen LogP contribution in [0.3, 0.4) is 0 Å². The maximum Gasteiger partial charge on any atom is 0.244 e. The van der Waals surface area contributed by atoms with Gasteiger partial charge in [-0.05, 0) is 49.7 Å². The van der Waals surface area contributed by atoms with Crippen molar-refractivity contribution in [2.75, 3.05) is 24.8 Å². The van der Waals surface area contributed by atoms with E-state index in [0.29, 0.717) is 11.5 Å². The molecule has 7 nitrogen and oxygen atoms in total. The van der Waals surface area contributed by atoms with Crippen LogP contribution in [0.15, 0.2) is 42.5 Å². The van der Waals surface area contributed by atoms with Crippen LogP contribution in [0.1, 0.15) is 25.5 Å². The van der Waals surface area contributed by atoms with Crippen molar-refractivity contribution in [2.24, 2.45) is 0 Å². The Kier molecular flexibility index (Phi) is 7.37. The fourth-order valence-electron chi connectivity index (χ4n) is 2.91. The number of carbonyl (C=O) groups excluding carboxylic acids is 1. The van der Waals surface area contributed by atoms with Gasteiger partial charge in [0.2, 0.25) is 15.9 Å². The minimum Gasteiger partial charge on any atom is -0.497 e. The first kappa shape index (κ1) is 22.8. The molecule has 0 spiro atoms. The van der Waals surface area contributed by atoms with Crippen molar-refractivity contribution >= 4 is 33.2 Å². The summed E-state index contributed by atoms with van der Waals surface area (Å²) in [6, 6.07) is 10.5. The molecule has 0 saturated heterocycles. The lowest BCUT2D eigenvalue weighted by Gasteiger charge is -2.29. The molecule has 1 N–H and O–H groups in total. The van der Waals surface area contributed by atoms with Gasteiger partial charge in [-0.25, -0.2) is 8.42 Å². The normalized spacial score (nSPS) is 13.3. The van der Waals surface area contributed by atoms with Gasteiger partial charge < -0.3 is 14.8 Å². The molecule has 0 radical (unpaired) electrons. The van der Waals surface area contributed by atoms with Gasteiger partial charge in [-0.15, -0.1) is 0 Å².